The minimum absolute atomic E-state index is 0.230. The largest absolute Gasteiger partial charge is 0.300 e. The minimum atomic E-state index is -0.230. The predicted octanol–water partition coefficient (Wildman–Crippen LogP) is 4.34. The molecule has 2 aromatic rings. The van der Waals surface area contributed by atoms with Crippen LogP contribution in [0.3, 0.4) is 0 Å². The maximum absolute atomic E-state index is 12.0. The van der Waals surface area contributed by atoms with Crippen molar-refractivity contribution in [3.05, 3.63) is 50.3 Å². The highest BCUT2D eigenvalue weighted by atomic mass is 35.5. The van der Waals surface area contributed by atoms with Crippen LogP contribution in [0.1, 0.15) is 5.56 Å². The maximum atomic E-state index is 12.0. The van der Waals surface area contributed by atoms with Gasteiger partial charge in [0.15, 0.2) is 5.17 Å². The number of halogens is 2. The summed E-state index contributed by atoms with van der Waals surface area (Å²) in [6.45, 7) is 0. The molecule has 1 aromatic heterocycles. The highest BCUT2D eigenvalue weighted by Crippen LogP contribution is 2.32. The van der Waals surface area contributed by atoms with E-state index >= 15 is 0 Å². The van der Waals surface area contributed by atoms with E-state index in [1.165, 1.54) is 23.1 Å². The number of carbonyl (C=O) groups is 1. The molecule has 1 saturated heterocycles. The molecule has 1 aliphatic rings. The van der Waals surface area contributed by atoms with Crippen LogP contribution >= 0.6 is 46.3 Å². The zero-order valence-electron chi connectivity index (χ0n) is 10.3. The molecule has 0 radical (unpaired) electrons. The summed E-state index contributed by atoms with van der Waals surface area (Å²) in [5.41, 5.74) is 0.619. The zero-order valence-corrected chi connectivity index (χ0v) is 13.5. The van der Waals surface area contributed by atoms with Crippen LogP contribution in [-0.4, -0.2) is 16.1 Å². The molecule has 0 bridgehead atoms. The van der Waals surface area contributed by atoms with Crippen LogP contribution in [0.15, 0.2) is 39.7 Å². The molecule has 1 amide bonds. The first-order valence-corrected chi connectivity index (χ1v) is 8.22. The van der Waals surface area contributed by atoms with E-state index in [9.17, 15) is 4.79 Å². The predicted molar refractivity (Wildman–Crippen MR) is 89.4 cm³/mol. The highest BCUT2D eigenvalue weighted by molar-refractivity contribution is 8.18. The molecule has 1 aliphatic heterocycles. The van der Waals surface area contributed by atoms with Crippen molar-refractivity contribution >= 4 is 68.6 Å². The van der Waals surface area contributed by atoms with Gasteiger partial charge in [-0.3, -0.25) is 4.79 Å². The van der Waals surface area contributed by atoms with Crippen molar-refractivity contribution in [2.45, 2.75) is 0 Å². The number of aromatic nitrogens is 1. The lowest BCUT2D eigenvalue weighted by atomic mass is 10.2. The van der Waals surface area contributed by atoms with Crippen molar-refractivity contribution < 1.29 is 4.79 Å². The van der Waals surface area contributed by atoms with Gasteiger partial charge in [0.25, 0.3) is 5.91 Å². The summed E-state index contributed by atoms with van der Waals surface area (Å²) < 4.78 is 0. The van der Waals surface area contributed by atoms with Crippen molar-refractivity contribution in [2.75, 3.05) is 0 Å². The molecule has 1 aromatic carbocycles. The molecule has 3 rings (SSSR count). The number of thioether (sulfide) groups is 1. The van der Waals surface area contributed by atoms with Crippen molar-refractivity contribution in [3.8, 4) is 0 Å². The lowest BCUT2D eigenvalue weighted by Gasteiger charge is -2.01. The van der Waals surface area contributed by atoms with Crippen LogP contribution in [-0.2, 0) is 4.79 Å². The van der Waals surface area contributed by atoms with E-state index in [0.29, 0.717) is 30.8 Å². The quantitative estimate of drug-likeness (QED) is 0.815. The molecular formula is C13H7Cl2N3OS2. The number of hydrogen-bond acceptors (Lipinski definition) is 5. The van der Waals surface area contributed by atoms with E-state index < -0.39 is 0 Å². The number of nitrogens with zero attached hydrogens (tertiary/aromatic N) is 2. The second kappa shape index (κ2) is 6.19. The summed E-state index contributed by atoms with van der Waals surface area (Å²) in [5, 5.41) is 6.58. The maximum Gasteiger partial charge on any atom is 0.264 e. The number of carbonyl (C=O) groups excluding carboxylic acids is 1. The Balaban J connectivity index is 1.90. The van der Waals surface area contributed by atoms with Crippen molar-refractivity contribution in [3.63, 3.8) is 0 Å². The fourth-order valence-corrected chi connectivity index (χ4v) is 3.50. The molecule has 0 aliphatic carbocycles. The zero-order chi connectivity index (χ0) is 14.8. The number of nitrogens with one attached hydrogen (secondary N) is 1. The van der Waals surface area contributed by atoms with E-state index in [4.69, 9.17) is 23.2 Å². The van der Waals surface area contributed by atoms with Gasteiger partial charge >= 0.3 is 0 Å². The Morgan fingerprint density at radius 3 is 2.71 bits per heavy atom. The fourth-order valence-electron chi connectivity index (χ4n) is 1.62. The fraction of sp³-hybridized carbons (Fsp3) is 0. The molecule has 21 heavy (non-hydrogen) atoms. The van der Waals surface area contributed by atoms with Gasteiger partial charge in [0.1, 0.15) is 0 Å². The summed E-state index contributed by atoms with van der Waals surface area (Å²) in [5.74, 6) is -0.230. The number of rotatable bonds is 2. The molecule has 2 heterocycles. The van der Waals surface area contributed by atoms with E-state index in [1.807, 2.05) is 5.38 Å². The molecule has 1 N–H and O–H groups in total. The van der Waals surface area contributed by atoms with E-state index in [2.05, 4.69) is 15.3 Å². The van der Waals surface area contributed by atoms with Gasteiger partial charge in [0, 0.05) is 27.2 Å². The normalized spacial score (nSPS) is 18.5. The average molecular weight is 356 g/mol. The third-order valence-electron chi connectivity index (χ3n) is 2.54. The van der Waals surface area contributed by atoms with Gasteiger partial charge in [-0.15, -0.1) is 11.3 Å². The van der Waals surface area contributed by atoms with Gasteiger partial charge in [0.05, 0.1) is 4.91 Å². The summed E-state index contributed by atoms with van der Waals surface area (Å²) in [4.78, 5) is 20.7. The Morgan fingerprint density at radius 1 is 1.29 bits per heavy atom. The van der Waals surface area contributed by atoms with Gasteiger partial charge in [-0.1, -0.05) is 29.3 Å². The molecular weight excluding hydrogens is 349 g/mol. The number of hydrogen-bond donors (Lipinski definition) is 1. The van der Waals surface area contributed by atoms with Crippen LogP contribution < -0.4 is 5.32 Å². The SMILES string of the molecule is O=C1N/C(=N\c2nccs2)S/C1=C\c1c(Cl)cccc1Cl. The van der Waals surface area contributed by atoms with Gasteiger partial charge < -0.3 is 5.32 Å². The van der Waals surface area contributed by atoms with Gasteiger partial charge in [-0.2, -0.15) is 4.99 Å². The van der Waals surface area contributed by atoms with Gasteiger partial charge in [-0.05, 0) is 30.0 Å². The Morgan fingerprint density at radius 2 is 2.05 bits per heavy atom. The third kappa shape index (κ3) is 3.29. The van der Waals surface area contributed by atoms with Crippen molar-refractivity contribution in [2.24, 2.45) is 4.99 Å². The topological polar surface area (TPSA) is 54.4 Å². The molecule has 0 saturated carbocycles. The number of thiazole rings is 1. The summed E-state index contributed by atoms with van der Waals surface area (Å²) >= 11 is 14.8. The summed E-state index contributed by atoms with van der Waals surface area (Å²) in [7, 11) is 0. The molecule has 4 nitrogen and oxygen atoms in total. The van der Waals surface area contributed by atoms with Crippen LogP contribution in [0.2, 0.25) is 10.0 Å². The molecule has 0 atom stereocenters. The van der Waals surface area contributed by atoms with E-state index in [-0.39, 0.29) is 5.91 Å². The first-order valence-electron chi connectivity index (χ1n) is 5.76. The van der Waals surface area contributed by atoms with Gasteiger partial charge in [-0.25, -0.2) is 4.98 Å². The number of benzene rings is 1. The number of amidine groups is 1. The van der Waals surface area contributed by atoms with Crippen LogP contribution in [0, 0.1) is 0 Å². The van der Waals surface area contributed by atoms with E-state index in [1.54, 1.807) is 30.5 Å². The third-order valence-corrected chi connectivity index (χ3v) is 4.78. The first-order chi connectivity index (χ1) is 10.1. The average Bonchev–Trinajstić information content (AvgIpc) is 3.05. The van der Waals surface area contributed by atoms with Crippen LogP contribution in [0.25, 0.3) is 6.08 Å². The molecule has 0 spiro atoms. The van der Waals surface area contributed by atoms with Crippen LogP contribution in [0.4, 0.5) is 5.13 Å². The molecule has 0 unspecified atom stereocenters. The standard InChI is InChI=1S/C13H7Cl2N3OS2/c14-8-2-1-3-9(15)7(8)6-10-11(19)17-13(21-10)18-12-16-4-5-20-12/h1-6H,(H,16,17,18,19)/b10-6-. The second-order valence-corrected chi connectivity index (χ2v) is 6.65. The van der Waals surface area contributed by atoms with Crippen molar-refractivity contribution in [1.82, 2.24) is 10.3 Å². The highest BCUT2D eigenvalue weighted by Gasteiger charge is 2.24. The Labute approximate surface area is 138 Å². The Kier molecular flexibility index (Phi) is 4.30. The first kappa shape index (κ1) is 14.6. The Hall–Kier alpha value is -1.34. The monoisotopic (exact) mass is 355 g/mol. The van der Waals surface area contributed by atoms with E-state index in [0.717, 1.165) is 0 Å². The van der Waals surface area contributed by atoms with Crippen molar-refractivity contribution in [1.29, 1.82) is 0 Å². The molecule has 1 fully saturated rings. The van der Waals surface area contributed by atoms with Crippen LogP contribution in [0.5, 0.6) is 0 Å². The Bertz CT molecular complexity index is 737. The van der Waals surface area contributed by atoms with Gasteiger partial charge in [0.2, 0.25) is 5.13 Å². The number of aliphatic imine (C=N–C) groups is 1. The molecule has 106 valence electrons. The second-order valence-electron chi connectivity index (χ2n) is 3.93. The molecule has 8 heteroatoms. The lowest BCUT2D eigenvalue weighted by molar-refractivity contribution is -0.115. The summed E-state index contributed by atoms with van der Waals surface area (Å²) in [6.07, 6.45) is 3.32. The smallest absolute Gasteiger partial charge is 0.264 e. The number of amides is 1. The lowest BCUT2D eigenvalue weighted by Crippen LogP contribution is -2.19. The summed E-state index contributed by atoms with van der Waals surface area (Å²) in [6, 6.07) is 5.20. The minimum Gasteiger partial charge on any atom is -0.300 e.